The molecule has 0 aromatic heterocycles. The van der Waals surface area contributed by atoms with Crippen molar-refractivity contribution in [2.75, 3.05) is 31.6 Å². The number of nitrogens with one attached hydrogen (secondary N) is 1. The first kappa shape index (κ1) is 24.5. The molecule has 0 spiro atoms. The third kappa shape index (κ3) is 6.21. The highest BCUT2D eigenvalue weighted by molar-refractivity contribution is 6.31. The van der Waals surface area contributed by atoms with Crippen LogP contribution in [-0.2, 0) is 20.9 Å². The van der Waals surface area contributed by atoms with Crippen molar-refractivity contribution in [2.24, 2.45) is 5.73 Å². The monoisotopic (exact) mass is 476 g/mol. The second-order valence-electron chi connectivity index (χ2n) is 7.84. The summed E-state index contributed by atoms with van der Waals surface area (Å²) < 4.78 is 18.6. The number of nitrogens with zero attached hydrogens (tertiary/aromatic N) is 2. The molecule has 33 heavy (non-hydrogen) atoms. The number of likely N-dealkylation sites (tertiary alicyclic amines) is 1. The number of amides is 3. The third-order valence-electron chi connectivity index (χ3n) is 5.82. The van der Waals surface area contributed by atoms with E-state index < -0.39 is 17.4 Å². The van der Waals surface area contributed by atoms with Gasteiger partial charge < -0.3 is 20.3 Å². The molecule has 3 N–H and O–H groups in total. The minimum atomic E-state index is -0.841. The van der Waals surface area contributed by atoms with E-state index in [-0.39, 0.29) is 25.6 Å². The highest BCUT2D eigenvalue weighted by Gasteiger charge is 2.42. The zero-order valence-electron chi connectivity index (χ0n) is 18.0. The predicted molar refractivity (Wildman–Crippen MR) is 122 cm³/mol. The average Bonchev–Trinajstić information content (AvgIpc) is 2.83. The van der Waals surface area contributed by atoms with Gasteiger partial charge in [-0.25, -0.2) is 9.18 Å². The molecule has 3 amide bonds. The molecule has 176 valence electrons. The summed E-state index contributed by atoms with van der Waals surface area (Å²) in [6, 6.07) is 12.5. The largest absolute Gasteiger partial charge is 0.447 e. The number of benzene rings is 2. The van der Waals surface area contributed by atoms with Crippen LogP contribution >= 0.6 is 11.6 Å². The first-order chi connectivity index (χ1) is 15.9. The fourth-order valence-electron chi connectivity index (χ4n) is 3.83. The van der Waals surface area contributed by atoms with Crippen LogP contribution in [0.1, 0.15) is 18.4 Å². The van der Waals surface area contributed by atoms with Gasteiger partial charge in [0.2, 0.25) is 12.3 Å². The summed E-state index contributed by atoms with van der Waals surface area (Å²) in [7, 11) is 0. The summed E-state index contributed by atoms with van der Waals surface area (Å²) in [6.07, 6.45) is 0.771. The molecule has 0 unspecified atom stereocenters. The van der Waals surface area contributed by atoms with E-state index in [9.17, 15) is 18.8 Å². The van der Waals surface area contributed by atoms with Crippen molar-refractivity contribution in [3.8, 4) is 0 Å². The van der Waals surface area contributed by atoms with Gasteiger partial charge in [-0.2, -0.15) is 0 Å². The third-order valence-corrected chi connectivity index (χ3v) is 6.19. The fourth-order valence-corrected chi connectivity index (χ4v) is 4.03. The minimum Gasteiger partial charge on any atom is -0.447 e. The lowest BCUT2D eigenvalue weighted by atomic mass is 9.86. The van der Waals surface area contributed by atoms with Gasteiger partial charge in [0.1, 0.15) is 12.4 Å². The Bertz CT molecular complexity index is 981. The molecule has 1 aliphatic rings. The highest BCUT2D eigenvalue weighted by Crippen LogP contribution is 2.31. The van der Waals surface area contributed by atoms with Gasteiger partial charge in [0.15, 0.2) is 0 Å². The second-order valence-corrected chi connectivity index (χ2v) is 8.25. The Morgan fingerprint density at radius 2 is 1.85 bits per heavy atom. The molecule has 1 saturated heterocycles. The first-order valence-corrected chi connectivity index (χ1v) is 10.9. The van der Waals surface area contributed by atoms with Crippen molar-refractivity contribution in [3.63, 3.8) is 0 Å². The van der Waals surface area contributed by atoms with Crippen molar-refractivity contribution >= 4 is 35.7 Å². The summed E-state index contributed by atoms with van der Waals surface area (Å²) in [5, 5.41) is 3.06. The Labute approximate surface area is 196 Å². The lowest BCUT2D eigenvalue weighted by Gasteiger charge is -2.46. The molecular formula is C23H26ClFN4O4. The number of hydrogen-bond donors (Lipinski definition) is 2. The Morgan fingerprint density at radius 1 is 1.18 bits per heavy atom. The molecule has 1 heterocycles. The molecule has 2 aromatic carbocycles. The lowest BCUT2D eigenvalue weighted by Crippen LogP contribution is -2.59. The van der Waals surface area contributed by atoms with Crippen molar-refractivity contribution in [3.05, 3.63) is 64.9 Å². The number of carbonyl (C=O) groups excluding carboxylic acids is 3. The van der Waals surface area contributed by atoms with Crippen LogP contribution in [-0.4, -0.2) is 60.0 Å². The summed E-state index contributed by atoms with van der Waals surface area (Å²) in [5.41, 5.74) is 5.77. The lowest BCUT2D eigenvalue weighted by molar-refractivity contribution is -0.137. The standard InChI is InChI=1S/C23H26ClFN4O4/c24-20-4-2-1-3-17(20)14-29(16-30)23(9-11-28(12-10-23)21(31)13-26)15-33-22(32)27-19-7-5-18(25)6-8-19/h1-8,16H,9-15,26H2,(H,27,32). The van der Waals surface area contributed by atoms with E-state index in [2.05, 4.69) is 5.32 Å². The van der Waals surface area contributed by atoms with Gasteiger partial charge in [-0.1, -0.05) is 29.8 Å². The van der Waals surface area contributed by atoms with Gasteiger partial charge in [-0.3, -0.25) is 14.9 Å². The Kier molecular flexibility index (Phi) is 8.24. The molecule has 0 atom stereocenters. The number of piperidine rings is 1. The van der Waals surface area contributed by atoms with Crippen LogP contribution in [0.4, 0.5) is 14.9 Å². The zero-order valence-corrected chi connectivity index (χ0v) is 18.8. The summed E-state index contributed by atoms with van der Waals surface area (Å²) >= 11 is 6.29. The van der Waals surface area contributed by atoms with E-state index in [1.54, 1.807) is 21.9 Å². The maximum atomic E-state index is 13.1. The number of hydrogen-bond acceptors (Lipinski definition) is 5. The predicted octanol–water partition coefficient (Wildman–Crippen LogP) is 3.01. The summed E-state index contributed by atoms with van der Waals surface area (Å²) in [5.74, 6) is -0.602. The van der Waals surface area contributed by atoms with E-state index >= 15 is 0 Å². The molecule has 0 radical (unpaired) electrons. The number of anilines is 1. The Hall–Kier alpha value is -3.17. The first-order valence-electron chi connectivity index (χ1n) is 10.5. The number of rotatable bonds is 8. The van der Waals surface area contributed by atoms with Gasteiger partial charge in [0.25, 0.3) is 0 Å². The van der Waals surface area contributed by atoms with Crippen LogP contribution in [0.15, 0.2) is 48.5 Å². The molecule has 1 fully saturated rings. The van der Waals surface area contributed by atoms with Gasteiger partial charge >= 0.3 is 6.09 Å². The van der Waals surface area contributed by atoms with Gasteiger partial charge in [-0.15, -0.1) is 0 Å². The van der Waals surface area contributed by atoms with Crippen molar-refractivity contribution < 1.29 is 23.5 Å². The minimum absolute atomic E-state index is 0.0894. The molecule has 2 aromatic rings. The SMILES string of the molecule is NCC(=O)N1CCC(COC(=O)Nc2ccc(F)cc2)(N(C=O)Cc2ccccc2Cl)CC1. The van der Waals surface area contributed by atoms with Gasteiger partial charge in [-0.05, 0) is 48.7 Å². The molecule has 8 nitrogen and oxygen atoms in total. The van der Waals surface area contributed by atoms with E-state index in [0.717, 1.165) is 5.56 Å². The summed E-state index contributed by atoms with van der Waals surface area (Å²) in [6.45, 7) is 0.767. The number of ether oxygens (including phenoxy) is 1. The number of halogens is 2. The molecule has 0 saturated carbocycles. The Balaban J connectivity index is 1.75. The van der Waals surface area contributed by atoms with Crippen molar-refractivity contribution in [2.45, 2.75) is 24.9 Å². The smallest absolute Gasteiger partial charge is 0.411 e. The Morgan fingerprint density at radius 3 is 2.45 bits per heavy atom. The molecule has 3 rings (SSSR count). The molecule has 1 aliphatic heterocycles. The van der Waals surface area contributed by atoms with E-state index in [1.807, 2.05) is 12.1 Å². The van der Waals surface area contributed by atoms with Gasteiger partial charge in [0.05, 0.1) is 12.1 Å². The van der Waals surface area contributed by atoms with Gasteiger partial charge in [0, 0.05) is 30.3 Å². The van der Waals surface area contributed by atoms with Crippen LogP contribution in [0, 0.1) is 5.82 Å². The van der Waals surface area contributed by atoms with Crippen LogP contribution in [0.25, 0.3) is 0 Å². The van der Waals surface area contributed by atoms with Crippen LogP contribution in [0.2, 0.25) is 5.02 Å². The van der Waals surface area contributed by atoms with Crippen LogP contribution < -0.4 is 11.1 Å². The highest BCUT2D eigenvalue weighted by atomic mass is 35.5. The molecule has 10 heteroatoms. The maximum absolute atomic E-state index is 13.1. The van der Waals surface area contributed by atoms with E-state index in [1.165, 1.54) is 24.3 Å². The number of carbonyl (C=O) groups is 3. The fraction of sp³-hybridized carbons (Fsp3) is 0.348. The normalized spacial score (nSPS) is 14.9. The summed E-state index contributed by atoms with van der Waals surface area (Å²) in [4.78, 5) is 39.8. The molecule has 0 bridgehead atoms. The second kappa shape index (κ2) is 11.1. The topological polar surface area (TPSA) is 105 Å². The average molecular weight is 477 g/mol. The van der Waals surface area contributed by atoms with Crippen molar-refractivity contribution in [1.29, 1.82) is 0 Å². The van der Waals surface area contributed by atoms with Crippen LogP contribution in [0.3, 0.4) is 0 Å². The molecular weight excluding hydrogens is 451 g/mol. The van der Waals surface area contributed by atoms with Crippen molar-refractivity contribution in [1.82, 2.24) is 9.80 Å². The zero-order chi connectivity index (χ0) is 23.8. The van der Waals surface area contributed by atoms with E-state index in [0.29, 0.717) is 43.1 Å². The van der Waals surface area contributed by atoms with Crippen LogP contribution in [0.5, 0.6) is 0 Å². The van der Waals surface area contributed by atoms with E-state index in [4.69, 9.17) is 22.1 Å². The quantitative estimate of drug-likeness (QED) is 0.570. The molecule has 0 aliphatic carbocycles. The maximum Gasteiger partial charge on any atom is 0.411 e. The number of nitrogens with two attached hydrogens (primary N) is 1.